The molecule has 0 heterocycles. The topological polar surface area (TPSA) is 35.2 Å². The molecule has 0 aliphatic carbocycles. The molecule has 0 aliphatic rings. The summed E-state index contributed by atoms with van der Waals surface area (Å²) >= 11 is 0. The number of benzene rings is 2. The van der Waals surface area contributed by atoms with Gasteiger partial charge in [0.25, 0.3) is 0 Å². The molecule has 0 bridgehead atoms. The van der Waals surface area contributed by atoms with Crippen molar-refractivity contribution in [2.24, 2.45) is 5.73 Å². The highest BCUT2D eigenvalue weighted by molar-refractivity contribution is 5.39. The Morgan fingerprint density at radius 1 is 1.00 bits per heavy atom. The van der Waals surface area contributed by atoms with Crippen molar-refractivity contribution in [3.63, 3.8) is 0 Å². The normalized spacial score (nSPS) is 12.2. The molecular formula is C15H17NO. The predicted molar refractivity (Wildman–Crippen MR) is 70.3 cm³/mol. The van der Waals surface area contributed by atoms with E-state index in [4.69, 9.17) is 10.5 Å². The molecule has 2 aromatic rings. The Hall–Kier alpha value is -1.80. The van der Waals surface area contributed by atoms with Gasteiger partial charge >= 0.3 is 0 Å². The fourth-order valence-corrected chi connectivity index (χ4v) is 1.68. The molecule has 0 spiro atoms. The summed E-state index contributed by atoms with van der Waals surface area (Å²) in [6, 6.07) is 15.8. The van der Waals surface area contributed by atoms with Gasteiger partial charge in [0.15, 0.2) is 0 Å². The van der Waals surface area contributed by atoms with E-state index in [9.17, 15) is 0 Å². The molecule has 0 fully saturated rings. The smallest absolute Gasteiger partial charge is 0.132 e. The van der Waals surface area contributed by atoms with Crippen molar-refractivity contribution < 1.29 is 4.74 Å². The van der Waals surface area contributed by atoms with Gasteiger partial charge in [0, 0.05) is 11.6 Å². The monoisotopic (exact) mass is 227 g/mol. The molecule has 2 nitrogen and oxygen atoms in total. The maximum absolute atomic E-state index is 5.91. The van der Waals surface area contributed by atoms with Crippen LogP contribution < -0.4 is 10.5 Å². The summed E-state index contributed by atoms with van der Waals surface area (Å²) in [6.07, 6.45) is 0. The average Bonchev–Trinajstić information content (AvgIpc) is 2.32. The largest absolute Gasteiger partial charge is 0.457 e. The van der Waals surface area contributed by atoms with E-state index < -0.39 is 0 Å². The van der Waals surface area contributed by atoms with Gasteiger partial charge in [-0.25, -0.2) is 0 Å². The van der Waals surface area contributed by atoms with Gasteiger partial charge in [0.1, 0.15) is 11.5 Å². The van der Waals surface area contributed by atoms with Gasteiger partial charge in [-0.1, -0.05) is 35.9 Å². The van der Waals surface area contributed by atoms with E-state index in [0.29, 0.717) is 0 Å². The minimum Gasteiger partial charge on any atom is -0.457 e. The van der Waals surface area contributed by atoms with Crippen LogP contribution in [0.3, 0.4) is 0 Å². The maximum Gasteiger partial charge on any atom is 0.132 e. The molecule has 0 unspecified atom stereocenters. The van der Waals surface area contributed by atoms with Crippen LogP contribution in [0.5, 0.6) is 11.5 Å². The zero-order valence-corrected chi connectivity index (χ0v) is 10.2. The number of nitrogens with two attached hydrogens (primary N) is 1. The number of aryl methyl sites for hydroxylation is 1. The third-order valence-corrected chi connectivity index (χ3v) is 2.66. The first-order valence-corrected chi connectivity index (χ1v) is 5.76. The van der Waals surface area contributed by atoms with Crippen molar-refractivity contribution in [1.29, 1.82) is 0 Å². The van der Waals surface area contributed by atoms with Crippen molar-refractivity contribution in [1.82, 2.24) is 0 Å². The Morgan fingerprint density at radius 3 is 2.29 bits per heavy atom. The zero-order valence-electron chi connectivity index (χ0n) is 10.2. The molecular weight excluding hydrogens is 210 g/mol. The summed E-state index contributed by atoms with van der Waals surface area (Å²) < 4.78 is 5.85. The Labute approximate surface area is 102 Å². The van der Waals surface area contributed by atoms with Gasteiger partial charge in [-0.2, -0.15) is 0 Å². The van der Waals surface area contributed by atoms with Crippen LogP contribution in [-0.4, -0.2) is 0 Å². The van der Waals surface area contributed by atoms with E-state index in [2.05, 4.69) is 6.92 Å². The fraction of sp³-hybridized carbons (Fsp3) is 0.200. The van der Waals surface area contributed by atoms with Crippen LogP contribution in [0, 0.1) is 6.92 Å². The molecule has 2 rings (SSSR count). The summed E-state index contributed by atoms with van der Waals surface area (Å²) in [5.41, 5.74) is 8.15. The van der Waals surface area contributed by atoms with Crippen LogP contribution in [0.25, 0.3) is 0 Å². The van der Waals surface area contributed by atoms with Crippen molar-refractivity contribution in [3.8, 4) is 11.5 Å². The van der Waals surface area contributed by atoms with Crippen LogP contribution in [0.4, 0.5) is 0 Å². The Bertz CT molecular complexity index is 489. The second-order valence-corrected chi connectivity index (χ2v) is 4.24. The quantitative estimate of drug-likeness (QED) is 0.865. The molecule has 1 atom stereocenters. The lowest BCUT2D eigenvalue weighted by molar-refractivity contribution is 0.472. The third kappa shape index (κ3) is 2.86. The summed E-state index contributed by atoms with van der Waals surface area (Å²) in [6.45, 7) is 4.01. The second-order valence-electron chi connectivity index (χ2n) is 4.24. The first-order chi connectivity index (χ1) is 8.16. The van der Waals surface area contributed by atoms with Gasteiger partial charge < -0.3 is 10.5 Å². The highest BCUT2D eigenvalue weighted by Gasteiger charge is 2.07. The Morgan fingerprint density at radius 2 is 1.65 bits per heavy atom. The molecule has 0 saturated carbocycles. The lowest BCUT2D eigenvalue weighted by atomic mass is 10.1. The third-order valence-electron chi connectivity index (χ3n) is 2.66. The molecule has 88 valence electrons. The van der Waals surface area contributed by atoms with Gasteiger partial charge in [-0.15, -0.1) is 0 Å². The number of hydrogen-bond acceptors (Lipinski definition) is 2. The highest BCUT2D eigenvalue weighted by atomic mass is 16.5. The van der Waals surface area contributed by atoms with Crippen molar-refractivity contribution in [2.75, 3.05) is 0 Å². The first-order valence-electron chi connectivity index (χ1n) is 5.76. The van der Waals surface area contributed by atoms with Crippen LogP contribution >= 0.6 is 0 Å². The van der Waals surface area contributed by atoms with Gasteiger partial charge in [0.05, 0.1) is 0 Å². The van der Waals surface area contributed by atoms with Crippen LogP contribution in [0.2, 0.25) is 0 Å². The minimum absolute atomic E-state index is 0.0309. The molecule has 0 aliphatic heterocycles. The maximum atomic E-state index is 5.91. The van der Waals surface area contributed by atoms with Gasteiger partial charge in [-0.3, -0.25) is 0 Å². The standard InChI is InChI=1S/C15H17NO/c1-11-7-9-13(10-8-11)17-15-6-4-3-5-14(15)12(2)16/h3-10,12H,16H2,1-2H3/t12-/m1/s1. The molecule has 0 aromatic heterocycles. The van der Waals surface area contributed by atoms with E-state index in [-0.39, 0.29) is 6.04 Å². The van der Waals surface area contributed by atoms with E-state index in [1.54, 1.807) is 0 Å². The van der Waals surface area contributed by atoms with Gasteiger partial charge in [0.2, 0.25) is 0 Å². The Balaban J connectivity index is 2.26. The number of para-hydroxylation sites is 1. The van der Waals surface area contributed by atoms with E-state index >= 15 is 0 Å². The van der Waals surface area contributed by atoms with Crippen molar-refractivity contribution in [3.05, 3.63) is 59.7 Å². The molecule has 0 radical (unpaired) electrons. The second kappa shape index (κ2) is 5.02. The van der Waals surface area contributed by atoms with Crippen LogP contribution in [-0.2, 0) is 0 Å². The fourth-order valence-electron chi connectivity index (χ4n) is 1.68. The van der Waals surface area contributed by atoms with E-state index in [1.807, 2.05) is 55.5 Å². The number of ether oxygens (including phenoxy) is 1. The van der Waals surface area contributed by atoms with Crippen molar-refractivity contribution in [2.45, 2.75) is 19.9 Å². The Kier molecular flexibility index (Phi) is 3.45. The molecule has 2 heteroatoms. The molecule has 2 N–H and O–H groups in total. The lowest BCUT2D eigenvalue weighted by Crippen LogP contribution is -2.06. The van der Waals surface area contributed by atoms with E-state index in [1.165, 1.54) is 5.56 Å². The summed E-state index contributed by atoms with van der Waals surface area (Å²) in [5, 5.41) is 0. The summed E-state index contributed by atoms with van der Waals surface area (Å²) in [4.78, 5) is 0. The zero-order chi connectivity index (χ0) is 12.3. The minimum atomic E-state index is -0.0309. The SMILES string of the molecule is Cc1ccc(Oc2ccccc2[C@@H](C)N)cc1. The lowest BCUT2D eigenvalue weighted by Gasteiger charge is -2.13. The highest BCUT2D eigenvalue weighted by Crippen LogP contribution is 2.28. The van der Waals surface area contributed by atoms with Gasteiger partial charge in [-0.05, 0) is 32.0 Å². The number of hydrogen-bond donors (Lipinski definition) is 1. The molecule has 0 amide bonds. The molecule has 17 heavy (non-hydrogen) atoms. The van der Waals surface area contributed by atoms with Crippen molar-refractivity contribution >= 4 is 0 Å². The molecule has 0 saturated heterocycles. The van der Waals surface area contributed by atoms with Crippen LogP contribution in [0.15, 0.2) is 48.5 Å². The number of rotatable bonds is 3. The summed E-state index contributed by atoms with van der Waals surface area (Å²) in [7, 11) is 0. The summed E-state index contributed by atoms with van der Waals surface area (Å²) in [5.74, 6) is 1.66. The average molecular weight is 227 g/mol. The predicted octanol–water partition coefficient (Wildman–Crippen LogP) is 3.81. The van der Waals surface area contributed by atoms with E-state index in [0.717, 1.165) is 17.1 Å². The molecule has 2 aromatic carbocycles. The van der Waals surface area contributed by atoms with Crippen LogP contribution in [0.1, 0.15) is 24.1 Å². The first kappa shape index (κ1) is 11.7.